The number of thioether (sulfide) groups is 1. The zero-order valence-corrected chi connectivity index (χ0v) is 21.4. The summed E-state index contributed by atoms with van der Waals surface area (Å²) in [5.74, 6) is 0.570. The monoisotopic (exact) mass is 508 g/mol. The molecule has 1 N–H and O–H groups in total. The number of aryl methyl sites for hydroxylation is 2. The topological polar surface area (TPSA) is 95.3 Å². The fourth-order valence-corrected chi connectivity index (χ4v) is 4.81. The Hall–Kier alpha value is -2.56. The maximum Gasteiger partial charge on any atom is 0.341 e. The average Bonchev–Trinajstić information content (AvgIpc) is 3.31. The van der Waals surface area contributed by atoms with E-state index >= 15 is 0 Å². The summed E-state index contributed by atoms with van der Waals surface area (Å²) in [5.41, 5.74) is 1.40. The molecule has 3 rings (SSSR count). The van der Waals surface area contributed by atoms with Crippen LogP contribution in [0.15, 0.2) is 29.4 Å². The lowest BCUT2D eigenvalue weighted by atomic mass is 10.2. The van der Waals surface area contributed by atoms with Gasteiger partial charge in [0.2, 0.25) is 5.91 Å². The van der Waals surface area contributed by atoms with Crippen molar-refractivity contribution in [3.8, 4) is 5.75 Å². The minimum absolute atomic E-state index is 0.101. The van der Waals surface area contributed by atoms with Crippen molar-refractivity contribution in [2.45, 2.75) is 39.0 Å². The predicted molar refractivity (Wildman–Crippen MR) is 131 cm³/mol. The molecule has 176 valence electrons. The summed E-state index contributed by atoms with van der Waals surface area (Å²) in [7, 11) is 1.81. The van der Waals surface area contributed by atoms with Crippen LogP contribution < -0.4 is 10.1 Å². The number of hydrogen-bond acceptors (Lipinski definition) is 8. The van der Waals surface area contributed by atoms with E-state index in [9.17, 15) is 9.59 Å². The number of carbonyl (C=O) groups excluding carboxylic acids is 2. The summed E-state index contributed by atoms with van der Waals surface area (Å²) in [6, 6.07) is 7.28. The van der Waals surface area contributed by atoms with Crippen LogP contribution in [0.2, 0.25) is 5.02 Å². The van der Waals surface area contributed by atoms with Crippen LogP contribution in [0.3, 0.4) is 0 Å². The Labute approximate surface area is 205 Å². The number of aromatic nitrogens is 3. The summed E-state index contributed by atoms with van der Waals surface area (Å²) in [6.45, 7) is 7.70. The van der Waals surface area contributed by atoms with E-state index in [2.05, 4.69) is 15.5 Å². The second-order valence-corrected chi connectivity index (χ2v) is 9.86. The van der Waals surface area contributed by atoms with E-state index in [0.29, 0.717) is 32.3 Å². The average molecular weight is 509 g/mol. The molecule has 8 nitrogen and oxygen atoms in total. The molecule has 11 heteroatoms. The highest BCUT2D eigenvalue weighted by Crippen LogP contribution is 2.31. The van der Waals surface area contributed by atoms with Gasteiger partial charge in [0.1, 0.15) is 10.8 Å². The molecule has 0 saturated heterocycles. The van der Waals surface area contributed by atoms with Crippen LogP contribution in [0.5, 0.6) is 5.75 Å². The third-order valence-electron chi connectivity index (χ3n) is 4.56. The first-order chi connectivity index (χ1) is 15.7. The Morgan fingerprint density at radius 3 is 2.76 bits per heavy atom. The Kier molecular flexibility index (Phi) is 8.39. The fourth-order valence-electron chi connectivity index (χ4n) is 3.01. The first-order valence-corrected chi connectivity index (χ1v) is 12.4. The standard InChI is InChI=1S/C22H25ClN4O4S2/c1-6-30-21(29)15-10-13(3)33-20(15)24-18(28)11-32-22-26-25-19(27(22)5)14(4)31-17-9-12(2)7-8-16(17)23/h7-10,14H,6,11H2,1-5H3,(H,24,28). The molecule has 0 spiro atoms. The predicted octanol–water partition coefficient (Wildman–Crippen LogP) is 5.19. The summed E-state index contributed by atoms with van der Waals surface area (Å²) in [4.78, 5) is 25.5. The summed E-state index contributed by atoms with van der Waals surface area (Å²) in [6.07, 6.45) is -0.397. The Balaban J connectivity index is 1.62. The number of ether oxygens (including phenoxy) is 2. The molecule has 1 atom stereocenters. The molecule has 0 aliphatic heterocycles. The molecule has 1 aromatic carbocycles. The summed E-state index contributed by atoms with van der Waals surface area (Å²) < 4.78 is 12.8. The first kappa shape index (κ1) is 25.1. The molecule has 0 fully saturated rings. The van der Waals surface area contributed by atoms with Gasteiger partial charge in [0.25, 0.3) is 0 Å². The van der Waals surface area contributed by atoms with Crippen molar-refractivity contribution < 1.29 is 19.1 Å². The number of esters is 1. The van der Waals surface area contributed by atoms with Gasteiger partial charge in [-0.3, -0.25) is 4.79 Å². The number of benzene rings is 1. The number of nitrogens with one attached hydrogen (secondary N) is 1. The quantitative estimate of drug-likeness (QED) is 0.313. The molecular formula is C22H25ClN4O4S2. The van der Waals surface area contributed by atoms with E-state index in [-0.39, 0.29) is 18.3 Å². The second kappa shape index (κ2) is 11.0. The highest BCUT2D eigenvalue weighted by Gasteiger charge is 2.21. The zero-order valence-electron chi connectivity index (χ0n) is 19.0. The van der Waals surface area contributed by atoms with E-state index in [4.69, 9.17) is 21.1 Å². The van der Waals surface area contributed by atoms with Crippen LogP contribution in [0.1, 0.15) is 46.6 Å². The van der Waals surface area contributed by atoms with Crippen LogP contribution in [0.25, 0.3) is 0 Å². The largest absolute Gasteiger partial charge is 0.481 e. The van der Waals surface area contributed by atoms with Gasteiger partial charge in [-0.1, -0.05) is 29.4 Å². The van der Waals surface area contributed by atoms with Crippen LogP contribution in [-0.2, 0) is 16.6 Å². The number of carbonyl (C=O) groups is 2. The summed E-state index contributed by atoms with van der Waals surface area (Å²) >= 11 is 8.80. The minimum atomic E-state index is -0.453. The molecule has 0 bridgehead atoms. The van der Waals surface area contributed by atoms with Gasteiger partial charge in [-0.25, -0.2) is 4.79 Å². The van der Waals surface area contributed by atoms with Crippen molar-refractivity contribution in [3.05, 3.63) is 51.1 Å². The van der Waals surface area contributed by atoms with Gasteiger partial charge >= 0.3 is 5.97 Å². The molecule has 3 aromatic rings. The van der Waals surface area contributed by atoms with Crippen LogP contribution >= 0.6 is 34.7 Å². The van der Waals surface area contributed by atoms with Crippen LogP contribution in [-0.4, -0.2) is 39.0 Å². The Bertz CT molecular complexity index is 1160. The SMILES string of the molecule is CCOC(=O)c1cc(C)sc1NC(=O)CSc1nnc(C(C)Oc2cc(C)ccc2Cl)n1C. The van der Waals surface area contributed by atoms with Crippen molar-refractivity contribution in [3.63, 3.8) is 0 Å². The van der Waals surface area contributed by atoms with E-state index in [1.165, 1.54) is 23.1 Å². The molecule has 2 aromatic heterocycles. The molecular weight excluding hydrogens is 484 g/mol. The normalized spacial score (nSPS) is 11.8. The molecule has 0 aliphatic carbocycles. The third kappa shape index (κ3) is 6.27. The van der Waals surface area contributed by atoms with E-state index in [0.717, 1.165) is 10.4 Å². The lowest BCUT2D eigenvalue weighted by Crippen LogP contribution is -2.16. The third-order valence-corrected chi connectivity index (χ3v) is 6.86. The number of thiophene rings is 1. The maximum atomic E-state index is 12.5. The van der Waals surface area contributed by atoms with Crippen molar-refractivity contribution in [2.24, 2.45) is 7.05 Å². The van der Waals surface area contributed by atoms with Gasteiger partial charge in [-0.05, 0) is 51.5 Å². The van der Waals surface area contributed by atoms with Gasteiger partial charge in [0.05, 0.1) is 22.9 Å². The summed E-state index contributed by atoms with van der Waals surface area (Å²) in [5, 5.41) is 12.8. The molecule has 1 unspecified atom stereocenters. The second-order valence-electron chi connectivity index (χ2n) is 7.25. The molecule has 0 saturated carbocycles. The van der Waals surface area contributed by atoms with Crippen molar-refractivity contribution in [1.29, 1.82) is 0 Å². The van der Waals surface area contributed by atoms with Crippen LogP contribution in [0, 0.1) is 13.8 Å². The van der Waals surface area contributed by atoms with Gasteiger partial charge in [0.15, 0.2) is 17.1 Å². The van der Waals surface area contributed by atoms with Crippen molar-refractivity contribution >= 4 is 51.6 Å². The van der Waals surface area contributed by atoms with E-state index in [1.807, 2.05) is 40.0 Å². The fraction of sp³-hybridized carbons (Fsp3) is 0.364. The molecule has 0 radical (unpaired) electrons. The lowest BCUT2D eigenvalue weighted by molar-refractivity contribution is -0.113. The molecule has 0 aliphatic rings. The van der Waals surface area contributed by atoms with Gasteiger partial charge < -0.3 is 19.4 Å². The maximum absolute atomic E-state index is 12.5. The number of halogens is 1. The number of hydrogen-bond donors (Lipinski definition) is 1. The van der Waals surface area contributed by atoms with Gasteiger partial charge in [0, 0.05) is 11.9 Å². The molecule has 2 heterocycles. The number of nitrogens with zero attached hydrogens (tertiary/aromatic N) is 3. The smallest absolute Gasteiger partial charge is 0.341 e. The van der Waals surface area contributed by atoms with E-state index in [1.54, 1.807) is 23.6 Å². The first-order valence-electron chi connectivity index (χ1n) is 10.2. The number of rotatable bonds is 9. The highest BCUT2D eigenvalue weighted by molar-refractivity contribution is 7.99. The highest BCUT2D eigenvalue weighted by atomic mass is 35.5. The Morgan fingerprint density at radius 2 is 2.03 bits per heavy atom. The lowest BCUT2D eigenvalue weighted by Gasteiger charge is -2.15. The Morgan fingerprint density at radius 1 is 1.27 bits per heavy atom. The van der Waals surface area contributed by atoms with Crippen LogP contribution in [0.4, 0.5) is 5.00 Å². The zero-order chi connectivity index (χ0) is 24.1. The molecule has 33 heavy (non-hydrogen) atoms. The van der Waals surface area contributed by atoms with Crippen molar-refractivity contribution in [1.82, 2.24) is 14.8 Å². The number of anilines is 1. The van der Waals surface area contributed by atoms with Gasteiger partial charge in [-0.15, -0.1) is 21.5 Å². The van der Waals surface area contributed by atoms with Crippen molar-refractivity contribution in [2.75, 3.05) is 17.7 Å². The van der Waals surface area contributed by atoms with Gasteiger partial charge in [-0.2, -0.15) is 0 Å². The van der Waals surface area contributed by atoms with E-state index < -0.39 is 12.1 Å². The molecule has 1 amide bonds. The minimum Gasteiger partial charge on any atom is -0.481 e. The number of amides is 1.